The van der Waals surface area contributed by atoms with E-state index in [1.54, 1.807) is 12.3 Å². The minimum atomic E-state index is -0.730. The Bertz CT molecular complexity index is 875. The molecule has 152 valence electrons. The van der Waals surface area contributed by atoms with Crippen molar-refractivity contribution < 1.29 is 14.7 Å². The van der Waals surface area contributed by atoms with Crippen molar-refractivity contribution in [2.45, 2.75) is 45.4 Å². The molecule has 1 aliphatic heterocycles. The van der Waals surface area contributed by atoms with Crippen molar-refractivity contribution >= 4 is 34.8 Å². The molecule has 2 amide bonds. The highest BCUT2D eigenvalue weighted by Gasteiger charge is 2.45. The molecule has 2 N–H and O–H groups in total. The number of likely N-dealkylation sites (N-methyl/N-ethyl adjacent to an activating group) is 1. The lowest BCUT2D eigenvalue weighted by atomic mass is 9.85. The van der Waals surface area contributed by atoms with Crippen molar-refractivity contribution in [1.82, 2.24) is 25.2 Å². The number of carbonyl (C=O) groups excluding carboxylic acids is 2. The van der Waals surface area contributed by atoms with Gasteiger partial charge in [0, 0.05) is 20.0 Å². The van der Waals surface area contributed by atoms with Crippen molar-refractivity contribution in [2.75, 3.05) is 13.6 Å². The maximum absolute atomic E-state index is 13.4. The number of nitrogens with one attached hydrogen (secondary N) is 1. The number of carbonyl (C=O) groups is 2. The third-order valence-electron chi connectivity index (χ3n) is 4.77. The summed E-state index contributed by atoms with van der Waals surface area (Å²) in [6.45, 7) is 5.91. The van der Waals surface area contributed by atoms with Gasteiger partial charge in [-0.25, -0.2) is 4.68 Å². The summed E-state index contributed by atoms with van der Waals surface area (Å²) in [6, 6.07) is 2.26. The number of hydrogen-bond acceptors (Lipinski definition) is 6. The zero-order valence-electron chi connectivity index (χ0n) is 16.2. The molecule has 0 aromatic carbocycles. The van der Waals surface area contributed by atoms with Gasteiger partial charge in [-0.05, 0) is 17.5 Å². The van der Waals surface area contributed by atoms with Gasteiger partial charge in [0.25, 0.3) is 0 Å². The van der Waals surface area contributed by atoms with Crippen molar-refractivity contribution in [1.29, 1.82) is 0 Å². The second kappa shape index (κ2) is 7.81. The Morgan fingerprint density at radius 3 is 2.68 bits per heavy atom. The van der Waals surface area contributed by atoms with Gasteiger partial charge in [0.05, 0.1) is 21.5 Å². The number of amides is 2. The molecule has 0 bridgehead atoms. The fourth-order valence-electron chi connectivity index (χ4n) is 3.48. The maximum Gasteiger partial charge on any atom is 0.248 e. The van der Waals surface area contributed by atoms with Gasteiger partial charge in [-0.1, -0.05) is 37.6 Å². The zero-order chi connectivity index (χ0) is 20.6. The first kappa shape index (κ1) is 20.8. The molecule has 0 saturated carbocycles. The van der Waals surface area contributed by atoms with E-state index < -0.39 is 23.6 Å². The van der Waals surface area contributed by atoms with Crippen LogP contribution in [0.5, 0.6) is 0 Å². The Morgan fingerprint density at radius 1 is 1.39 bits per heavy atom. The quantitative estimate of drug-likeness (QED) is 0.779. The van der Waals surface area contributed by atoms with E-state index in [1.165, 1.54) is 28.0 Å². The van der Waals surface area contributed by atoms with E-state index in [0.29, 0.717) is 10.0 Å². The highest BCUT2D eigenvalue weighted by Crippen LogP contribution is 2.36. The number of halogens is 1. The Balaban J connectivity index is 1.94. The Kier molecular flexibility index (Phi) is 5.79. The van der Waals surface area contributed by atoms with Crippen LogP contribution >= 0.6 is 22.9 Å². The molecular formula is C18H24ClN5O3S. The number of β-amino-alcohol motifs (C(OH)–C–C–N with tert-alkyl or cyclic N) is 1. The van der Waals surface area contributed by atoms with E-state index in [2.05, 4.69) is 15.6 Å². The molecule has 3 heterocycles. The first-order valence-electron chi connectivity index (χ1n) is 8.99. The molecule has 0 unspecified atom stereocenters. The van der Waals surface area contributed by atoms with Gasteiger partial charge in [0.1, 0.15) is 17.8 Å². The average Bonchev–Trinajstić information content (AvgIpc) is 3.32. The molecule has 1 aliphatic rings. The van der Waals surface area contributed by atoms with Crippen molar-refractivity contribution in [2.24, 2.45) is 5.41 Å². The van der Waals surface area contributed by atoms with Crippen LogP contribution in [-0.4, -0.2) is 62.6 Å². The Hall–Kier alpha value is -1.97. The second-order valence-corrected chi connectivity index (χ2v) is 9.68. The van der Waals surface area contributed by atoms with Crippen molar-refractivity contribution in [3.05, 3.63) is 22.7 Å². The second-order valence-electron chi connectivity index (χ2n) is 7.97. The topological polar surface area (TPSA) is 100 Å². The number of likely N-dealkylation sites (tertiary alicyclic amines) is 1. The van der Waals surface area contributed by atoms with E-state index in [0.717, 1.165) is 4.88 Å². The van der Waals surface area contributed by atoms with Gasteiger partial charge in [-0.3, -0.25) is 9.59 Å². The van der Waals surface area contributed by atoms with E-state index in [9.17, 15) is 14.7 Å². The Labute approximate surface area is 172 Å². The van der Waals surface area contributed by atoms with Crippen LogP contribution in [0.15, 0.2) is 18.3 Å². The van der Waals surface area contributed by atoms with E-state index >= 15 is 0 Å². The number of aliphatic hydroxyl groups is 1. The predicted molar refractivity (Wildman–Crippen MR) is 107 cm³/mol. The molecule has 3 atom stereocenters. The van der Waals surface area contributed by atoms with E-state index in [1.807, 2.05) is 26.8 Å². The smallest absolute Gasteiger partial charge is 0.248 e. The number of aromatic nitrogens is 3. The summed E-state index contributed by atoms with van der Waals surface area (Å²) in [6.07, 6.45) is 1.21. The number of thiophene rings is 1. The number of rotatable bonds is 4. The molecule has 10 heteroatoms. The van der Waals surface area contributed by atoms with Crippen LogP contribution in [0.25, 0.3) is 10.6 Å². The standard InChI is InChI=1S/C18H24ClN5O3S/c1-18(2,3)15(17(27)23-8-10(25)7-12(23)16(26)20-4)24-9-11(21-22-24)13-5-6-14(19)28-13/h5-6,9-10,12,15,25H,7-8H2,1-4H3,(H,20,26)/t10-,12+,15-/m1/s1. The molecule has 3 rings (SSSR count). The number of nitrogens with zero attached hydrogens (tertiary/aromatic N) is 4. The van der Waals surface area contributed by atoms with Gasteiger partial charge in [0.2, 0.25) is 11.8 Å². The van der Waals surface area contributed by atoms with E-state index in [4.69, 9.17) is 11.6 Å². The average molecular weight is 426 g/mol. The highest BCUT2D eigenvalue weighted by atomic mass is 35.5. The summed E-state index contributed by atoms with van der Waals surface area (Å²) in [4.78, 5) is 28.0. The van der Waals surface area contributed by atoms with Crippen LogP contribution in [0.2, 0.25) is 4.34 Å². The zero-order valence-corrected chi connectivity index (χ0v) is 17.8. The first-order chi connectivity index (χ1) is 13.1. The summed E-state index contributed by atoms with van der Waals surface area (Å²) in [7, 11) is 1.52. The highest BCUT2D eigenvalue weighted by molar-refractivity contribution is 7.19. The fraction of sp³-hybridized carbons (Fsp3) is 0.556. The molecule has 2 aromatic heterocycles. The summed E-state index contributed by atoms with van der Waals surface area (Å²) in [5.74, 6) is -0.552. The van der Waals surface area contributed by atoms with Crippen LogP contribution in [-0.2, 0) is 9.59 Å². The molecule has 2 aromatic rings. The summed E-state index contributed by atoms with van der Waals surface area (Å²) in [5, 5.41) is 21.0. The normalized spacial score (nSPS) is 21.0. The lowest BCUT2D eigenvalue weighted by molar-refractivity contribution is -0.144. The van der Waals surface area contributed by atoms with Crippen LogP contribution in [0, 0.1) is 5.41 Å². The lowest BCUT2D eigenvalue weighted by Crippen LogP contribution is -2.49. The third-order valence-corrected chi connectivity index (χ3v) is 6.02. The van der Waals surface area contributed by atoms with Crippen LogP contribution in [0.4, 0.5) is 0 Å². The minimum Gasteiger partial charge on any atom is -0.391 e. The molecule has 8 nitrogen and oxygen atoms in total. The molecule has 1 fully saturated rings. The van der Waals surface area contributed by atoms with Crippen molar-refractivity contribution in [3.63, 3.8) is 0 Å². The molecule has 28 heavy (non-hydrogen) atoms. The van der Waals surface area contributed by atoms with Gasteiger partial charge >= 0.3 is 0 Å². The van der Waals surface area contributed by atoms with Crippen LogP contribution in [0.1, 0.15) is 33.2 Å². The van der Waals surface area contributed by atoms with Gasteiger partial charge in [0.15, 0.2) is 0 Å². The molecule has 0 radical (unpaired) electrons. The summed E-state index contributed by atoms with van der Waals surface area (Å²) >= 11 is 7.39. The third kappa shape index (κ3) is 4.06. The van der Waals surface area contributed by atoms with Crippen LogP contribution in [0.3, 0.4) is 0 Å². The molecule has 0 aliphatic carbocycles. The SMILES string of the molecule is CNC(=O)[C@@H]1C[C@@H](O)CN1C(=O)[C@@H](n1cc(-c2ccc(Cl)s2)nn1)C(C)(C)C. The van der Waals surface area contributed by atoms with Gasteiger partial charge < -0.3 is 15.3 Å². The maximum atomic E-state index is 13.4. The number of hydrogen-bond donors (Lipinski definition) is 2. The summed E-state index contributed by atoms with van der Waals surface area (Å²) in [5.41, 5.74) is 0.138. The van der Waals surface area contributed by atoms with E-state index in [-0.39, 0.29) is 24.8 Å². The fourth-order valence-corrected chi connectivity index (χ4v) is 4.47. The molecule has 1 saturated heterocycles. The first-order valence-corrected chi connectivity index (χ1v) is 10.2. The van der Waals surface area contributed by atoms with Crippen LogP contribution < -0.4 is 5.32 Å². The minimum absolute atomic E-state index is 0.117. The number of aliphatic hydroxyl groups excluding tert-OH is 1. The summed E-state index contributed by atoms with van der Waals surface area (Å²) < 4.78 is 2.18. The van der Waals surface area contributed by atoms with Crippen molar-refractivity contribution in [3.8, 4) is 10.6 Å². The predicted octanol–water partition coefficient (Wildman–Crippen LogP) is 1.96. The van der Waals surface area contributed by atoms with Gasteiger partial charge in [-0.15, -0.1) is 16.4 Å². The monoisotopic (exact) mass is 425 g/mol. The largest absolute Gasteiger partial charge is 0.391 e. The molecule has 0 spiro atoms. The Morgan fingerprint density at radius 2 is 2.11 bits per heavy atom. The molecular weight excluding hydrogens is 402 g/mol. The van der Waals surface area contributed by atoms with Gasteiger partial charge in [-0.2, -0.15) is 0 Å². The lowest BCUT2D eigenvalue weighted by Gasteiger charge is -2.34.